The summed E-state index contributed by atoms with van der Waals surface area (Å²) in [6.07, 6.45) is 0. The van der Waals surface area contributed by atoms with Crippen LogP contribution in [0, 0.1) is 0 Å². The highest BCUT2D eigenvalue weighted by molar-refractivity contribution is 4.48. The van der Waals surface area contributed by atoms with Crippen molar-refractivity contribution in [2.45, 2.75) is 27.7 Å². The minimum atomic E-state index is 0.597. The number of hydrogen-bond acceptors (Lipinski definition) is 4. The van der Waals surface area contributed by atoms with E-state index in [0.29, 0.717) is 13.1 Å². The van der Waals surface area contributed by atoms with E-state index in [1.807, 2.05) is 0 Å². The van der Waals surface area contributed by atoms with E-state index in [9.17, 15) is 0 Å². The Labute approximate surface area is 89.2 Å². The van der Waals surface area contributed by atoms with Crippen LogP contribution in [0.5, 0.6) is 0 Å². The molecule has 4 heteroatoms. The zero-order valence-corrected chi connectivity index (χ0v) is 10.3. The molecule has 0 aromatic carbocycles. The summed E-state index contributed by atoms with van der Waals surface area (Å²) in [7, 11) is 0. The maximum Gasteiger partial charge on any atom is 0.0104 e. The van der Waals surface area contributed by atoms with Crippen molar-refractivity contribution < 1.29 is 0 Å². The second kappa shape index (κ2) is 12.8. The number of hydrogen-bond donors (Lipinski definition) is 2. The maximum absolute atomic E-state index is 4.90. The molecule has 4 nitrogen and oxygen atoms in total. The van der Waals surface area contributed by atoms with Crippen LogP contribution in [0.1, 0.15) is 27.7 Å². The monoisotopic (exact) mass is 204 g/mol. The van der Waals surface area contributed by atoms with E-state index in [0.717, 1.165) is 26.2 Å². The van der Waals surface area contributed by atoms with Gasteiger partial charge in [0.2, 0.25) is 0 Å². The SMILES string of the molecule is CCN(CC)N(CC)CC.NCCN. The quantitative estimate of drug-likeness (QED) is 0.618. The Morgan fingerprint density at radius 1 is 0.643 bits per heavy atom. The van der Waals surface area contributed by atoms with Crippen molar-refractivity contribution in [3.63, 3.8) is 0 Å². The largest absolute Gasteiger partial charge is 0.329 e. The van der Waals surface area contributed by atoms with Crippen molar-refractivity contribution in [2.24, 2.45) is 11.5 Å². The summed E-state index contributed by atoms with van der Waals surface area (Å²) in [4.78, 5) is 0. The van der Waals surface area contributed by atoms with Gasteiger partial charge < -0.3 is 11.5 Å². The van der Waals surface area contributed by atoms with Crippen LogP contribution in [0.2, 0.25) is 0 Å². The van der Waals surface area contributed by atoms with Crippen molar-refractivity contribution in [3.8, 4) is 0 Å². The van der Waals surface area contributed by atoms with Gasteiger partial charge >= 0.3 is 0 Å². The average Bonchev–Trinajstić information content (AvgIpc) is 2.26. The molecule has 4 N–H and O–H groups in total. The van der Waals surface area contributed by atoms with Crippen LogP contribution in [0.15, 0.2) is 0 Å². The second-order valence-electron chi connectivity index (χ2n) is 2.86. The van der Waals surface area contributed by atoms with Crippen molar-refractivity contribution in [2.75, 3.05) is 39.3 Å². The Morgan fingerprint density at radius 2 is 0.857 bits per heavy atom. The van der Waals surface area contributed by atoms with Crippen LogP contribution in [-0.4, -0.2) is 49.3 Å². The smallest absolute Gasteiger partial charge is 0.0104 e. The highest BCUT2D eigenvalue weighted by atomic mass is 15.6. The zero-order chi connectivity index (χ0) is 11.4. The Kier molecular flexibility index (Phi) is 14.9. The predicted molar refractivity (Wildman–Crippen MR) is 64.0 cm³/mol. The van der Waals surface area contributed by atoms with Gasteiger partial charge in [0.25, 0.3) is 0 Å². The molecule has 14 heavy (non-hydrogen) atoms. The highest BCUT2D eigenvalue weighted by Crippen LogP contribution is 1.95. The fraction of sp³-hybridized carbons (Fsp3) is 1.00. The molecule has 0 saturated carbocycles. The maximum atomic E-state index is 4.90. The van der Waals surface area contributed by atoms with E-state index in [4.69, 9.17) is 11.5 Å². The number of nitrogens with two attached hydrogens (primary N) is 2. The molecule has 88 valence electrons. The van der Waals surface area contributed by atoms with E-state index in [-0.39, 0.29) is 0 Å². The molecule has 0 unspecified atom stereocenters. The first-order valence-electron chi connectivity index (χ1n) is 5.61. The van der Waals surface area contributed by atoms with E-state index in [1.165, 1.54) is 0 Å². The summed E-state index contributed by atoms with van der Waals surface area (Å²) in [5, 5.41) is 4.72. The molecule has 0 amide bonds. The molecule has 0 heterocycles. The third kappa shape index (κ3) is 8.44. The van der Waals surface area contributed by atoms with Gasteiger partial charge in [-0.15, -0.1) is 0 Å². The first kappa shape index (κ1) is 16.3. The molecule has 0 atom stereocenters. The normalized spacial score (nSPS) is 10.3. The number of hydrazine groups is 1. The van der Waals surface area contributed by atoms with E-state index < -0.39 is 0 Å². The first-order valence-corrected chi connectivity index (χ1v) is 5.61. The summed E-state index contributed by atoms with van der Waals surface area (Å²) < 4.78 is 0. The summed E-state index contributed by atoms with van der Waals surface area (Å²) in [5.74, 6) is 0. The Hall–Kier alpha value is -0.160. The lowest BCUT2D eigenvalue weighted by molar-refractivity contribution is -0.00652. The molecule has 0 bridgehead atoms. The van der Waals surface area contributed by atoms with Gasteiger partial charge in [-0.3, -0.25) is 0 Å². The standard InChI is InChI=1S/C8H20N2.C2H8N2/c1-5-9(6-2)10(7-3)8-4;3-1-2-4/h5-8H2,1-4H3;1-4H2. The molecule has 0 aliphatic carbocycles. The Balaban J connectivity index is 0. The van der Waals surface area contributed by atoms with Gasteiger partial charge in [0.15, 0.2) is 0 Å². The number of rotatable bonds is 6. The van der Waals surface area contributed by atoms with Gasteiger partial charge in [-0.05, 0) is 0 Å². The molecule has 0 aromatic rings. The minimum Gasteiger partial charge on any atom is -0.329 e. The van der Waals surface area contributed by atoms with Gasteiger partial charge in [-0.2, -0.15) is 0 Å². The molecule has 0 radical (unpaired) electrons. The van der Waals surface area contributed by atoms with Crippen LogP contribution >= 0.6 is 0 Å². The Morgan fingerprint density at radius 3 is 0.929 bits per heavy atom. The van der Waals surface area contributed by atoms with Gasteiger partial charge in [-0.25, -0.2) is 10.0 Å². The van der Waals surface area contributed by atoms with Crippen LogP contribution in [0.25, 0.3) is 0 Å². The Bertz CT molecular complexity index is 78.1. The van der Waals surface area contributed by atoms with Crippen molar-refractivity contribution in [1.29, 1.82) is 0 Å². The van der Waals surface area contributed by atoms with Gasteiger partial charge in [0.1, 0.15) is 0 Å². The van der Waals surface area contributed by atoms with Crippen molar-refractivity contribution in [1.82, 2.24) is 10.0 Å². The summed E-state index contributed by atoms with van der Waals surface area (Å²) in [5.41, 5.74) is 9.81. The lowest BCUT2D eigenvalue weighted by Crippen LogP contribution is -2.42. The third-order valence-electron chi connectivity index (χ3n) is 2.03. The summed E-state index contributed by atoms with van der Waals surface area (Å²) in [6.45, 7) is 14.5. The third-order valence-corrected chi connectivity index (χ3v) is 2.03. The fourth-order valence-electron chi connectivity index (χ4n) is 1.25. The number of nitrogens with zero attached hydrogens (tertiary/aromatic N) is 2. The average molecular weight is 204 g/mol. The fourth-order valence-corrected chi connectivity index (χ4v) is 1.25. The lowest BCUT2D eigenvalue weighted by Gasteiger charge is -2.31. The summed E-state index contributed by atoms with van der Waals surface area (Å²) >= 11 is 0. The van der Waals surface area contributed by atoms with Crippen LogP contribution < -0.4 is 11.5 Å². The summed E-state index contributed by atoms with van der Waals surface area (Å²) in [6, 6.07) is 0. The van der Waals surface area contributed by atoms with Crippen molar-refractivity contribution >= 4 is 0 Å². The van der Waals surface area contributed by atoms with Gasteiger partial charge in [0, 0.05) is 39.3 Å². The molecule has 0 aliphatic heterocycles. The molecule has 0 saturated heterocycles. The molecular weight excluding hydrogens is 176 g/mol. The van der Waals surface area contributed by atoms with Gasteiger partial charge in [0.05, 0.1) is 0 Å². The van der Waals surface area contributed by atoms with Gasteiger partial charge in [-0.1, -0.05) is 27.7 Å². The lowest BCUT2D eigenvalue weighted by atomic mass is 10.5. The molecule has 0 aromatic heterocycles. The zero-order valence-electron chi connectivity index (χ0n) is 10.3. The van der Waals surface area contributed by atoms with E-state index in [2.05, 4.69) is 37.7 Å². The molecule has 0 rings (SSSR count). The van der Waals surface area contributed by atoms with E-state index >= 15 is 0 Å². The second-order valence-corrected chi connectivity index (χ2v) is 2.86. The first-order chi connectivity index (χ1) is 6.71. The minimum absolute atomic E-state index is 0.597. The molecule has 0 aliphatic rings. The molecular formula is C10H28N4. The van der Waals surface area contributed by atoms with E-state index in [1.54, 1.807) is 0 Å². The molecule has 0 spiro atoms. The highest BCUT2D eigenvalue weighted by Gasteiger charge is 2.05. The topological polar surface area (TPSA) is 58.5 Å². The van der Waals surface area contributed by atoms with Crippen LogP contribution in [-0.2, 0) is 0 Å². The van der Waals surface area contributed by atoms with Crippen LogP contribution in [0.3, 0.4) is 0 Å². The molecule has 0 fully saturated rings. The van der Waals surface area contributed by atoms with Crippen LogP contribution in [0.4, 0.5) is 0 Å². The van der Waals surface area contributed by atoms with Crippen molar-refractivity contribution in [3.05, 3.63) is 0 Å². The predicted octanol–water partition coefficient (Wildman–Crippen LogP) is 0.489.